The van der Waals surface area contributed by atoms with Crippen LogP contribution in [0.25, 0.3) is 16.7 Å². The Morgan fingerprint density at radius 3 is 2.43 bits per heavy atom. The number of carbonyl (C=O) groups excluding carboxylic acids is 2. The zero-order valence-corrected chi connectivity index (χ0v) is 16.3. The summed E-state index contributed by atoms with van der Waals surface area (Å²) in [6, 6.07) is 22.0. The van der Waals surface area contributed by atoms with Crippen LogP contribution < -0.4 is 15.4 Å². The van der Waals surface area contributed by atoms with Gasteiger partial charge in [-0.15, -0.1) is 0 Å². The summed E-state index contributed by atoms with van der Waals surface area (Å²) in [4.78, 5) is 28.7. The van der Waals surface area contributed by atoms with Crippen molar-refractivity contribution in [3.8, 4) is 11.4 Å². The topological polar surface area (TPSA) is 85.2 Å². The molecule has 0 aliphatic carbocycles. The van der Waals surface area contributed by atoms with Crippen LogP contribution in [0.1, 0.15) is 10.4 Å². The van der Waals surface area contributed by atoms with Crippen molar-refractivity contribution in [1.82, 2.24) is 14.9 Å². The van der Waals surface area contributed by atoms with E-state index in [1.54, 1.807) is 37.7 Å². The second-order valence-corrected chi connectivity index (χ2v) is 6.61. The number of benzene rings is 3. The van der Waals surface area contributed by atoms with Gasteiger partial charge in [0.15, 0.2) is 0 Å². The van der Waals surface area contributed by atoms with E-state index in [0.29, 0.717) is 17.0 Å². The monoisotopic (exact) mass is 400 g/mol. The number of para-hydroxylation sites is 2. The minimum atomic E-state index is -0.324. The number of carbonyl (C=O) groups is 2. The van der Waals surface area contributed by atoms with E-state index in [2.05, 4.69) is 15.6 Å². The fourth-order valence-corrected chi connectivity index (χ4v) is 3.08. The summed E-state index contributed by atoms with van der Waals surface area (Å²) in [6.07, 6.45) is 1.77. The van der Waals surface area contributed by atoms with Crippen LogP contribution in [0.4, 0.5) is 5.69 Å². The van der Waals surface area contributed by atoms with Crippen molar-refractivity contribution in [2.24, 2.45) is 0 Å². The number of amides is 2. The molecule has 3 aromatic carbocycles. The Kier molecular flexibility index (Phi) is 5.43. The molecule has 0 bridgehead atoms. The van der Waals surface area contributed by atoms with Crippen LogP contribution >= 0.6 is 0 Å². The molecule has 0 spiro atoms. The van der Waals surface area contributed by atoms with Crippen LogP contribution in [-0.2, 0) is 4.79 Å². The number of nitrogens with one attached hydrogen (secondary N) is 2. The lowest BCUT2D eigenvalue weighted by atomic mass is 10.2. The Labute approximate surface area is 173 Å². The van der Waals surface area contributed by atoms with E-state index in [1.807, 2.05) is 53.1 Å². The predicted octanol–water partition coefficient (Wildman–Crippen LogP) is 3.40. The van der Waals surface area contributed by atoms with Gasteiger partial charge in [0.25, 0.3) is 5.91 Å². The van der Waals surface area contributed by atoms with Crippen LogP contribution in [0.3, 0.4) is 0 Å². The number of nitrogens with zero attached hydrogens (tertiary/aromatic N) is 2. The number of fused-ring (bicyclic) bond motifs is 1. The van der Waals surface area contributed by atoms with Gasteiger partial charge in [0.05, 0.1) is 24.7 Å². The fourth-order valence-electron chi connectivity index (χ4n) is 3.08. The zero-order valence-electron chi connectivity index (χ0n) is 16.3. The number of aromatic nitrogens is 2. The molecule has 4 aromatic rings. The molecular weight excluding hydrogens is 380 g/mol. The lowest BCUT2D eigenvalue weighted by molar-refractivity contribution is -0.115. The van der Waals surface area contributed by atoms with Crippen LogP contribution in [-0.4, -0.2) is 35.0 Å². The number of imidazole rings is 1. The molecule has 0 saturated carbocycles. The van der Waals surface area contributed by atoms with Gasteiger partial charge in [-0.3, -0.25) is 14.2 Å². The summed E-state index contributed by atoms with van der Waals surface area (Å²) in [5, 5.41) is 5.38. The standard InChI is InChI=1S/C23H20N4O3/c1-30-19-12-6-16(7-13-19)23(29)24-14-22(28)26-17-8-10-18(11-9-17)27-15-25-20-4-2-3-5-21(20)27/h2-13,15H,14H2,1H3,(H,24,29)(H,26,28). The molecule has 150 valence electrons. The highest BCUT2D eigenvalue weighted by Crippen LogP contribution is 2.19. The summed E-state index contributed by atoms with van der Waals surface area (Å²) < 4.78 is 7.05. The lowest BCUT2D eigenvalue weighted by Gasteiger charge is -2.09. The predicted molar refractivity (Wildman–Crippen MR) is 115 cm³/mol. The van der Waals surface area contributed by atoms with Gasteiger partial charge in [-0.25, -0.2) is 4.98 Å². The summed E-state index contributed by atoms with van der Waals surface area (Å²) >= 11 is 0. The molecular formula is C23H20N4O3. The van der Waals surface area contributed by atoms with Gasteiger partial charge in [-0.05, 0) is 60.7 Å². The first kappa shape index (κ1) is 19.2. The molecule has 7 nitrogen and oxygen atoms in total. The number of ether oxygens (including phenoxy) is 1. The highest BCUT2D eigenvalue weighted by atomic mass is 16.5. The minimum absolute atomic E-state index is 0.126. The number of hydrogen-bond donors (Lipinski definition) is 2. The minimum Gasteiger partial charge on any atom is -0.497 e. The molecule has 1 aromatic heterocycles. The second-order valence-electron chi connectivity index (χ2n) is 6.61. The highest BCUT2D eigenvalue weighted by molar-refractivity contribution is 5.99. The summed E-state index contributed by atoms with van der Waals surface area (Å²) in [5.74, 6) is 0.0317. The number of hydrogen-bond acceptors (Lipinski definition) is 4. The normalized spacial score (nSPS) is 10.6. The van der Waals surface area contributed by atoms with E-state index in [-0.39, 0.29) is 18.4 Å². The molecule has 0 unspecified atom stereocenters. The van der Waals surface area contributed by atoms with Gasteiger partial charge in [0.1, 0.15) is 12.1 Å². The van der Waals surface area contributed by atoms with Crippen molar-refractivity contribution in [3.63, 3.8) is 0 Å². The lowest BCUT2D eigenvalue weighted by Crippen LogP contribution is -2.32. The number of methoxy groups -OCH3 is 1. The van der Waals surface area contributed by atoms with Gasteiger partial charge in [0.2, 0.25) is 5.91 Å². The van der Waals surface area contributed by atoms with Gasteiger partial charge in [-0.1, -0.05) is 12.1 Å². The SMILES string of the molecule is COc1ccc(C(=O)NCC(=O)Nc2ccc(-n3cnc4ccccc43)cc2)cc1. The van der Waals surface area contributed by atoms with Gasteiger partial charge >= 0.3 is 0 Å². The molecule has 0 aliphatic heterocycles. The maximum Gasteiger partial charge on any atom is 0.251 e. The first-order valence-electron chi connectivity index (χ1n) is 9.39. The summed E-state index contributed by atoms with van der Waals surface area (Å²) in [6.45, 7) is -0.126. The molecule has 2 N–H and O–H groups in total. The van der Waals surface area contributed by atoms with E-state index < -0.39 is 0 Å². The Balaban J connectivity index is 1.35. The van der Waals surface area contributed by atoms with Gasteiger partial charge in [-0.2, -0.15) is 0 Å². The summed E-state index contributed by atoms with van der Waals surface area (Å²) in [7, 11) is 1.56. The van der Waals surface area contributed by atoms with Crippen molar-refractivity contribution in [2.75, 3.05) is 19.0 Å². The van der Waals surface area contributed by atoms with Crippen molar-refractivity contribution in [3.05, 3.63) is 84.7 Å². The average molecular weight is 400 g/mol. The van der Waals surface area contributed by atoms with E-state index in [4.69, 9.17) is 4.74 Å². The third kappa shape index (κ3) is 4.15. The molecule has 0 saturated heterocycles. The summed E-state index contributed by atoms with van der Waals surface area (Å²) in [5.41, 5.74) is 3.97. The molecule has 0 fully saturated rings. The van der Waals surface area contributed by atoms with E-state index in [1.165, 1.54) is 0 Å². The van der Waals surface area contributed by atoms with Gasteiger partial charge in [0, 0.05) is 16.9 Å². The smallest absolute Gasteiger partial charge is 0.251 e. The molecule has 4 rings (SSSR count). The third-order valence-electron chi connectivity index (χ3n) is 4.64. The van der Waals surface area contributed by atoms with E-state index in [0.717, 1.165) is 16.7 Å². The first-order chi connectivity index (χ1) is 14.6. The molecule has 2 amide bonds. The zero-order chi connectivity index (χ0) is 20.9. The van der Waals surface area contributed by atoms with Crippen LogP contribution in [0, 0.1) is 0 Å². The van der Waals surface area contributed by atoms with Crippen LogP contribution in [0.15, 0.2) is 79.1 Å². The Hall–Kier alpha value is -4.13. The molecule has 30 heavy (non-hydrogen) atoms. The first-order valence-corrected chi connectivity index (χ1v) is 9.39. The van der Waals surface area contributed by atoms with Crippen molar-refractivity contribution >= 4 is 28.5 Å². The molecule has 0 radical (unpaired) electrons. The Morgan fingerprint density at radius 1 is 0.967 bits per heavy atom. The molecule has 7 heteroatoms. The Morgan fingerprint density at radius 2 is 1.70 bits per heavy atom. The maximum absolute atomic E-state index is 12.2. The number of anilines is 1. The quantitative estimate of drug-likeness (QED) is 0.519. The Bertz CT molecular complexity index is 1180. The van der Waals surface area contributed by atoms with Crippen LogP contribution in [0.2, 0.25) is 0 Å². The van der Waals surface area contributed by atoms with E-state index >= 15 is 0 Å². The molecule has 0 aliphatic rings. The van der Waals surface area contributed by atoms with Gasteiger partial charge < -0.3 is 15.4 Å². The van der Waals surface area contributed by atoms with Crippen molar-refractivity contribution in [1.29, 1.82) is 0 Å². The van der Waals surface area contributed by atoms with Crippen molar-refractivity contribution in [2.45, 2.75) is 0 Å². The molecule has 1 heterocycles. The average Bonchev–Trinajstić information content (AvgIpc) is 3.22. The maximum atomic E-state index is 12.2. The van der Waals surface area contributed by atoms with E-state index in [9.17, 15) is 9.59 Å². The van der Waals surface area contributed by atoms with Crippen LogP contribution in [0.5, 0.6) is 5.75 Å². The fraction of sp³-hybridized carbons (Fsp3) is 0.0870. The third-order valence-corrected chi connectivity index (χ3v) is 4.64. The van der Waals surface area contributed by atoms with Crippen molar-refractivity contribution < 1.29 is 14.3 Å². The highest BCUT2D eigenvalue weighted by Gasteiger charge is 2.09. The second kappa shape index (κ2) is 8.48. The number of rotatable bonds is 6. The largest absolute Gasteiger partial charge is 0.497 e. The molecule has 0 atom stereocenters.